The van der Waals surface area contributed by atoms with E-state index in [-0.39, 0.29) is 5.91 Å². The Kier molecular flexibility index (Phi) is 7.25. The molecule has 7 nitrogen and oxygen atoms in total. The van der Waals surface area contributed by atoms with Gasteiger partial charge in [-0.05, 0) is 18.9 Å². The van der Waals surface area contributed by atoms with Crippen LogP contribution in [-0.2, 0) is 20.9 Å². The molecule has 3 rings (SSSR count). The first-order valence-electron chi connectivity index (χ1n) is 8.57. The molecule has 3 heterocycles. The van der Waals surface area contributed by atoms with Crippen molar-refractivity contribution in [2.45, 2.75) is 44.1 Å². The van der Waals surface area contributed by atoms with E-state index in [1.807, 2.05) is 17.2 Å². The smallest absolute Gasteiger partial charge is 0.475 e. The molecule has 2 aliphatic rings. The van der Waals surface area contributed by atoms with Gasteiger partial charge in [-0.3, -0.25) is 9.69 Å². The summed E-state index contributed by atoms with van der Waals surface area (Å²) in [5.74, 6) is -2.47. The molecule has 1 aromatic rings. The number of likely N-dealkylation sites (tertiary alicyclic amines) is 2. The van der Waals surface area contributed by atoms with E-state index in [1.54, 1.807) is 13.4 Å². The van der Waals surface area contributed by atoms with Crippen molar-refractivity contribution in [3.8, 4) is 0 Å². The molecule has 27 heavy (non-hydrogen) atoms. The highest BCUT2D eigenvalue weighted by molar-refractivity contribution is 5.77. The summed E-state index contributed by atoms with van der Waals surface area (Å²) in [6, 6.07) is 2.86. The number of fused-ring (bicyclic) bond motifs is 1. The van der Waals surface area contributed by atoms with E-state index in [9.17, 15) is 18.0 Å². The van der Waals surface area contributed by atoms with Crippen LogP contribution in [0, 0.1) is 0 Å². The second kappa shape index (κ2) is 9.23. The molecule has 1 N–H and O–H groups in total. The Morgan fingerprint density at radius 2 is 2.07 bits per heavy atom. The highest BCUT2D eigenvalue weighted by atomic mass is 19.4. The number of methoxy groups -OCH3 is 1. The van der Waals surface area contributed by atoms with Crippen molar-refractivity contribution < 1.29 is 37.0 Å². The van der Waals surface area contributed by atoms with Gasteiger partial charge in [0.05, 0.1) is 19.1 Å². The lowest BCUT2D eigenvalue weighted by atomic mass is 9.96. The maximum Gasteiger partial charge on any atom is 0.490 e. The molecule has 0 aromatic carbocycles. The zero-order chi connectivity index (χ0) is 20.0. The molecule has 2 atom stereocenters. The van der Waals surface area contributed by atoms with E-state index in [0.717, 1.165) is 32.5 Å². The molecule has 2 aliphatic heterocycles. The van der Waals surface area contributed by atoms with Gasteiger partial charge in [-0.2, -0.15) is 13.2 Å². The van der Waals surface area contributed by atoms with Crippen molar-refractivity contribution >= 4 is 11.9 Å². The first-order valence-corrected chi connectivity index (χ1v) is 8.57. The third-order valence-corrected chi connectivity index (χ3v) is 4.74. The number of carboxylic acid groups (broad SMARTS) is 1. The Labute approximate surface area is 154 Å². The van der Waals surface area contributed by atoms with E-state index < -0.39 is 12.1 Å². The van der Waals surface area contributed by atoms with Gasteiger partial charge in [0.2, 0.25) is 5.91 Å². The predicted octanol–water partition coefficient (Wildman–Crippen LogP) is 2.12. The standard InChI is InChI=1S/C15H22N2O3.C2HF3O2/c1-19-9-7-17-14-4-6-16(10-12-5-8-20-11-12)13(14)2-3-15(17)18;3-2(4,5)1(6)7/h5,8,11,13-14H,2-4,6-7,9-10H2,1H3;(H,6,7)/t13-,14+;/m1./s1. The first-order chi connectivity index (χ1) is 12.7. The van der Waals surface area contributed by atoms with Crippen LogP contribution in [0.25, 0.3) is 0 Å². The van der Waals surface area contributed by atoms with Gasteiger partial charge in [0, 0.05) is 50.8 Å². The second-order valence-corrected chi connectivity index (χ2v) is 6.45. The van der Waals surface area contributed by atoms with Crippen LogP contribution in [0.5, 0.6) is 0 Å². The molecule has 0 unspecified atom stereocenters. The van der Waals surface area contributed by atoms with Crippen molar-refractivity contribution in [3.05, 3.63) is 24.2 Å². The van der Waals surface area contributed by atoms with Gasteiger partial charge in [-0.1, -0.05) is 0 Å². The third-order valence-electron chi connectivity index (χ3n) is 4.74. The van der Waals surface area contributed by atoms with Crippen LogP contribution in [0.3, 0.4) is 0 Å². The zero-order valence-corrected chi connectivity index (χ0v) is 14.9. The molecule has 0 bridgehead atoms. The highest BCUT2D eigenvalue weighted by Gasteiger charge is 2.42. The van der Waals surface area contributed by atoms with E-state index in [0.29, 0.717) is 25.1 Å². The number of amides is 1. The minimum absolute atomic E-state index is 0.286. The fraction of sp³-hybridized carbons (Fsp3) is 0.647. The second-order valence-electron chi connectivity index (χ2n) is 6.45. The molecule has 1 amide bonds. The van der Waals surface area contributed by atoms with Crippen LogP contribution in [-0.4, -0.2) is 71.8 Å². The van der Waals surface area contributed by atoms with E-state index in [1.165, 1.54) is 5.56 Å². The van der Waals surface area contributed by atoms with Gasteiger partial charge < -0.3 is 19.2 Å². The molecule has 10 heteroatoms. The van der Waals surface area contributed by atoms with Gasteiger partial charge in [0.1, 0.15) is 0 Å². The number of halogens is 3. The molecular formula is C17H23F3N2O5. The number of aliphatic carboxylic acids is 1. The fourth-order valence-corrected chi connectivity index (χ4v) is 3.53. The predicted molar refractivity (Wildman–Crippen MR) is 87.8 cm³/mol. The summed E-state index contributed by atoms with van der Waals surface area (Å²) in [4.78, 5) is 25.5. The third kappa shape index (κ3) is 5.70. The molecule has 0 aliphatic carbocycles. The lowest BCUT2D eigenvalue weighted by Crippen LogP contribution is -2.52. The molecule has 0 saturated carbocycles. The number of hydrogen-bond donors (Lipinski definition) is 1. The maximum absolute atomic E-state index is 12.1. The van der Waals surface area contributed by atoms with Gasteiger partial charge >= 0.3 is 12.1 Å². The maximum atomic E-state index is 12.1. The van der Waals surface area contributed by atoms with Crippen molar-refractivity contribution in [2.24, 2.45) is 0 Å². The molecular weight excluding hydrogens is 369 g/mol. The summed E-state index contributed by atoms with van der Waals surface area (Å²) in [6.45, 7) is 3.31. The number of carbonyl (C=O) groups excluding carboxylic acids is 1. The quantitative estimate of drug-likeness (QED) is 0.827. The molecule has 0 spiro atoms. The number of carbonyl (C=O) groups is 2. The van der Waals surface area contributed by atoms with Gasteiger partial charge in [0.25, 0.3) is 0 Å². The van der Waals surface area contributed by atoms with Crippen molar-refractivity contribution in [3.63, 3.8) is 0 Å². The number of piperidine rings is 1. The first kappa shape index (κ1) is 21.2. The number of nitrogens with zero attached hydrogens (tertiary/aromatic N) is 2. The molecule has 0 radical (unpaired) electrons. The van der Waals surface area contributed by atoms with Crippen LogP contribution in [0.1, 0.15) is 24.8 Å². The van der Waals surface area contributed by atoms with Crippen LogP contribution in [0.4, 0.5) is 13.2 Å². The van der Waals surface area contributed by atoms with Crippen LogP contribution >= 0.6 is 0 Å². The summed E-state index contributed by atoms with van der Waals surface area (Å²) in [5, 5.41) is 7.12. The van der Waals surface area contributed by atoms with E-state index >= 15 is 0 Å². The topological polar surface area (TPSA) is 83.2 Å². The summed E-state index contributed by atoms with van der Waals surface area (Å²) < 4.78 is 42.0. The van der Waals surface area contributed by atoms with Crippen molar-refractivity contribution in [1.82, 2.24) is 9.80 Å². The molecule has 2 fully saturated rings. The monoisotopic (exact) mass is 392 g/mol. The van der Waals surface area contributed by atoms with Gasteiger partial charge in [0.15, 0.2) is 0 Å². The van der Waals surface area contributed by atoms with Crippen LogP contribution in [0.15, 0.2) is 23.0 Å². The normalized spacial score (nSPS) is 23.0. The number of hydrogen-bond acceptors (Lipinski definition) is 5. The number of ether oxygens (including phenoxy) is 1. The lowest BCUT2D eigenvalue weighted by Gasteiger charge is -2.39. The number of furan rings is 1. The lowest BCUT2D eigenvalue weighted by molar-refractivity contribution is -0.192. The van der Waals surface area contributed by atoms with Crippen molar-refractivity contribution in [2.75, 3.05) is 26.8 Å². The Hall–Kier alpha value is -2.07. The number of rotatable bonds is 5. The van der Waals surface area contributed by atoms with Gasteiger partial charge in [-0.15, -0.1) is 0 Å². The Bertz CT molecular complexity index is 621. The number of carboxylic acids is 1. The summed E-state index contributed by atoms with van der Waals surface area (Å²) in [6.07, 6.45) is 1.15. The minimum atomic E-state index is -5.08. The molecule has 1 aromatic heterocycles. The minimum Gasteiger partial charge on any atom is -0.475 e. The van der Waals surface area contributed by atoms with Gasteiger partial charge in [-0.25, -0.2) is 4.79 Å². The molecule has 152 valence electrons. The van der Waals surface area contributed by atoms with E-state index in [4.69, 9.17) is 19.1 Å². The Morgan fingerprint density at radius 1 is 1.37 bits per heavy atom. The fourth-order valence-electron chi connectivity index (χ4n) is 3.53. The van der Waals surface area contributed by atoms with Crippen LogP contribution < -0.4 is 0 Å². The Morgan fingerprint density at radius 3 is 2.63 bits per heavy atom. The summed E-state index contributed by atoms with van der Waals surface area (Å²) in [5.41, 5.74) is 1.21. The van der Waals surface area contributed by atoms with E-state index in [2.05, 4.69) is 4.90 Å². The summed E-state index contributed by atoms with van der Waals surface area (Å²) in [7, 11) is 1.69. The molecule has 2 saturated heterocycles. The van der Waals surface area contributed by atoms with Crippen LogP contribution in [0.2, 0.25) is 0 Å². The average molecular weight is 392 g/mol. The SMILES string of the molecule is COCCN1C(=O)CC[C@@H]2[C@@H]1CCN2Cc1ccoc1.O=C(O)C(F)(F)F. The largest absolute Gasteiger partial charge is 0.490 e. The highest BCUT2D eigenvalue weighted by Crippen LogP contribution is 2.32. The average Bonchev–Trinajstić information content (AvgIpc) is 3.24. The van der Waals surface area contributed by atoms with Crippen molar-refractivity contribution in [1.29, 1.82) is 0 Å². The zero-order valence-electron chi connectivity index (χ0n) is 14.9. The number of alkyl halides is 3. The summed E-state index contributed by atoms with van der Waals surface area (Å²) >= 11 is 0. The Balaban J connectivity index is 0.000000321.